The Bertz CT molecular complexity index is 1090. The Labute approximate surface area is 201 Å². The first-order chi connectivity index (χ1) is 16.6. The number of hydrogen-bond donors (Lipinski definition) is 1. The van der Waals surface area contributed by atoms with Crippen LogP contribution in [0.2, 0.25) is 0 Å². The van der Waals surface area contributed by atoms with Crippen LogP contribution in [-0.4, -0.2) is 70.3 Å². The van der Waals surface area contributed by atoms with Gasteiger partial charge in [-0.2, -0.15) is 0 Å². The molecule has 3 aromatic rings. The van der Waals surface area contributed by atoms with Crippen molar-refractivity contribution in [1.29, 1.82) is 0 Å². The number of nitrogens with zero attached hydrogens (tertiary/aromatic N) is 4. The van der Waals surface area contributed by atoms with Gasteiger partial charge in [0.05, 0.1) is 24.1 Å². The van der Waals surface area contributed by atoms with E-state index in [1.165, 1.54) is 0 Å². The molecule has 7 heteroatoms. The summed E-state index contributed by atoms with van der Waals surface area (Å²) in [5.74, 6) is 1.26. The minimum absolute atomic E-state index is 0.117. The van der Waals surface area contributed by atoms with Crippen LogP contribution in [0.3, 0.4) is 0 Å². The zero-order chi connectivity index (χ0) is 23.8. The standard InChI is InChI=1S/C27H35N5O2/c1-2-3-14-28-27(34)21-31-18-16-30(17-19-31)20-26-29-23-11-7-8-12-24(23)32(26)15-13-25(33)22-9-5-4-6-10-22/h4-12H,2-3,13-21H2,1H3,(H,28,34). The van der Waals surface area contributed by atoms with Gasteiger partial charge in [-0.15, -0.1) is 0 Å². The zero-order valence-corrected chi connectivity index (χ0v) is 20.1. The predicted molar refractivity (Wildman–Crippen MR) is 135 cm³/mol. The number of carbonyl (C=O) groups is 2. The topological polar surface area (TPSA) is 70.5 Å². The lowest BCUT2D eigenvalue weighted by Gasteiger charge is -2.34. The van der Waals surface area contributed by atoms with Crippen molar-refractivity contribution in [3.63, 3.8) is 0 Å². The van der Waals surface area contributed by atoms with Gasteiger partial charge in [-0.05, 0) is 18.6 Å². The molecule has 1 amide bonds. The third-order valence-corrected chi connectivity index (χ3v) is 6.44. The summed E-state index contributed by atoms with van der Waals surface area (Å²) >= 11 is 0. The van der Waals surface area contributed by atoms with Crippen LogP contribution in [-0.2, 0) is 17.9 Å². The van der Waals surface area contributed by atoms with Gasteiger partial charge in [0, 0.05) is 51.3 Å². The van der Waals surface area contributed by atoms with Gasteiger partial charge in [-0.25, -0.2) is 4.98 Å². The molecule has 1 aliphatic heterocycles. The molecule has 1 aliphatic rings. The van der Waals surface area contributed by atoms with Crippen LogP contribution in [0.4, 0.5) is 0 Å². The first-order valence-corrected chi connectivity index (χ1v) is 12.4. The molecular weight excluding hydrogens is 426 g/mol. The fourth-order valence-corrected chi connectivity index (χ4v) is 4.45. The number of amides is 1. The van der Waals surface area contributed by atoms with Crippen molar-refractivity contribution in [3.05, 3.63) is 66.0 Å². The highest BCUT2D eigenvalue weighted by Crippen LogP contribution is 2.19. The summed E-state index contributed by atoms with van der Waals surface area (Å²) in [5, 5.41) is 3.00. The number of para-hydroxylation sites is 2. The Morgan fingerprint density at radius 2 is 1.65 bits per heavy atom. The van der Waals surface area contributed by atoms with Gasteiger partial charge in [0.15, 0.2) is 5.78 Å². The number of rotatable bonds is 11. The maximum atomic E-state index is 12.7. The van der Waals surface area contributed by atoms with E-state index in [0.29, 0.717) is 19.5 Å². The largest absolute Gasteiger partial charge is 0.355 e. The van der Waals surface area contributed by atoms with Crippen LogP contribution in [0.25, 0.3) is 11.0 Å². The summed E-state index contributed by atoms with van der Waals surface area (Å²) in [7, 11) is 0. The number of Topliss-reactive ketones (excluding diaryl/α,β-unsaturated/α-hetero) is 1. The number of carbonyl (C=O) groups excluding carboxylic acids is 2. The number of unbranched alkanes of at least 4 members (excludes halogenated alkanes) is 1. The lowest BCUT2D eigenvalue weighted by atomic mass is 10.1. The molecule has 0 radical (unpaired) electrons. The molecule has 7 nitrogen and oxygen atoms in total. The van der Waals surface area contributed by atoms with Crippen LogP contribution in [0.5, 0.6) is 0 Å². The number of aromatic nitrogens is 2. The SMILES string of the molecule is CCCCNC(=O)CN1CCN(Cc2nc3ccccc3n2CCC(=O)c2ccccc2)CC1. The number of hydrogen-bond acceptors (Lipinski definition) is 5. The normalized spacial score (nSPS) is 15.0. The summed E-state index contributed by atoms with van der Waals surface area (Å²) in [6.07, 6.45) is 2.56. The second-order valence-corrected chi connectivity index (χ2v) is 8.96. The zero-order valence-electron chi connectivity index (χ0n) is 20.1. The lowest BCUT2D eigenvalue weighted by molar-refractivity contribution is -0.122. The van der Waals surface area contributed by atoms with E-state index in [2.05, 4.69) is 32.7 Å². The van der Waals surface area contributed by atoms with Gasteiger partial charge < -0.3 is 9.88 Å². The Balaban J connectivity index is 1.36. The van der Waals surface area contributed by atoms with Crippen LogP contribution < -0.4 is 5.32 Å². The number of imidazole rings is 1. The quantitative estimate of drug-likeness (QED) is 0.350. The minimum atomic E-state index is 0.117. The summed E-state index contributed by atoms with van der Waals surface area (Å²) in [4.78, 5) is 34.3. The highest BCUT2D eigenvalue weighted by atomic mass is 16.2. The number of benzene rings is 2. The molecule has 1 saturated heterocycles. The van der Waals surface area contributed by atoms with E-state index in [-0.39, 0.29) is 11.7 Å². The van der Waals surface area contributed by atoms with Crippen molar-refractivity contribution in [2.24, 2.45) is 0 Å². The lowest BCUT2D eigenvalue weighted by Crippen LogP contribution is -2.49. The van der Waals surface area contributed by atoms with E-state index in [4.69, 9.17) is 4.98 Å². The van der Waals surface area contributed by atoms with Crippen LogP contribution >= 0.6 is 0 Å². The second kappa shape index (κ2) is 11.9. The molecule has 0 aliphatic carbocycles. The molecule has 0 spiro atoms. The van der Waals surface area contributed by atoms with Crippen molar-refractivity contribution in [3.8, 4) is 0 Å². The number of aryl methyl sites for hydroxylation is 1. The predicted octanol–water partition coefficient (Wildman–Crippen LogP) is 3.34. The van der Waals surface area contributed by atoms with Crippen molar-refractivity contribution in [2.45, 2.75) is 39.3 Å². The Hall–Kier alpha value is -3.03. The van der Waals surface area contributed by atoms with E-state index >= 15 is 0 Å². The number of fused-ring (bicyclic) bond motifs is 1. The maximum absolute atomic E-state index is 12.7. The molecule has 4 rings (SSSR count). The minimum Gasteiger partial charge on any atom is -0.355 e. The number of ketones is 1. The van der Waals surface area contributed by atoms with Crippen LogP contribution in [0, 0.1) is 0 Å². The van der Waals surface area contributed by atoms with Gasteiger partial charge >= 0.3 is 0 Å². The van der Waals surface area contributed by atoms with Gasteiger partial charge in [0.25, 0.3) is 0 Å². The summed E-state index contributed by atoms with van der Waals surface area (Å²) in [6.45, 7) is 8.24. The van der Waals surface area contributed by atoms with E-state index in [9.17, 15) is 9.59 Å². The molecular formula is C27H35N5O2. The maximum Gasteiger partial charge on any atom is 0.234 e. The Morgan fingerprint density at radius 1 is 0.941 bits per heavy atom. The van der Waals surface area contributed by atoms with Crippen molar-refractivity contribution in [1.82, 2.24) is 24.7 Å². The average Bonchev–Trinajstić information content (AvgIpc) is 3.21. The summed E-state index contributed by atoms with van der Waals surface area (Å²) in [5.41, 5.74) is 2.79. The summed E-state index contributed by atoms with van der Waals surface area (Å²) < 4.78 is 2.20. The molecule has 1 aromatic heterocycles. The smallest absolute Gasteiger partial charge is 0.234 e. The third-order valence-electron chi connectivity index (χ3n) is 6.44. The fourth-order valence-electron chi connectivity index (χ4n) is 4.45. The van der Waals surface area contributed by atoms with Gasteiger partial charge in [0.2, 0.25) is 5.91 Å². The number of piperazine rings is 1. The van der Waals surface area contributed by atoms with Crippen molar-refractivity contribution < 1.29 is 9.59 Å². The third kappa shape index (κ3) is 6.30. The highest BCUT2D eigenvalue weighted by Gasteiger charge is 2.21. The molecule has 2 heterocycles. The van der Waals surface area contributed by atoms with E-state index in [1.54, 1.807) is 0 Å². The van der Waals surface area contributed by atoms with Gasteiger partial charge in [-0.1, -0.05) is 55.8 Å². The van der Waals surface area contributed by atoms with Crippen LogP contribution in [0.15, 0.2) is 54.6 Å². The first kappa shape index (κ1) is 24.1. The molecule has 2 aromatic carbocycles. The molecule has 1 fully saturated rings. The molecule has 1 N–H and O–H groups in total. The van der Waals surface area contributed by atoms with E-state index in [0.717, 1.165) is 74.5 Å². The Morgan fingerprint density at radius 3 is 2.41 bits per heavy atom. The molecule has 0 saturated carbocycles. The second-order valence-electron chi connectivity index (χ2n) is 8.96. The molecule has 0 bridgehead atoms. The molecule has 180 valence electrons. The fraction of sp³-hybridized carbons (Fsp3) is 0.444. The summed E-state index contributed by atoms with van der Waals surface area (Å²) in [6, 6.07) is 17.6. The monoisotopic (exact) mass is 461 g/mol. The molecule has 0 unspecified atom stereocenters. The van der Waals surface area contributed by atoms with E-state index in [1.807, 2.05) is 48.5 Å². The molecule has 0 atom stereocenters. The number of nitrogens with one attached hydrogen (secondary N) is 1. The van der Waals surface area contributed by atoms with Crippen molar-refractivity contribution >= 4 is 22.7 Å². The van der Waals surface area contributed by atoms with E-state index < -0.39 is 0 Å². The first-order valence-electron chi connectivity index (χ1n) is 12.4. The van der Waals surface area contributed by atoms with Crippen molar-refractivity contribution in [2.75, 3.05) is 39.3 Å². The van der Waals surface area contributed by atoms with Crippen LogP contribution in [0.1, 0.15) is 42.4 Å². The highest BCUT2D eigenvalue weighted by molar-refractivity contribution is 5.96. The van der Waals surface area contributed by atoms with Gasteiger partial charge in [0.1, 0.15) is 5.82 Å². The Kier molecular flexibility index (Phi) is 8.44. The van der Waals surface area contributed by atoms with Gasteiger partial charge in [-0.3, -0.25) is 19.4 Å². The average molecular weight is 462 g/mol. The molecule has 34 heavy (non-hydrogen) atoms.